The van der Waals surface area contributed by atoms with Crippen molar-refractivity contribution in [1.29, 1.82) is 0 Å². The first-order valence-electron chi connectivity index (χ1n) is 7.44. The topological polar surface area (TPSA) is 75.6 Å². The van der Waals surface area contributed by atoms with Crippen LogP contribution in [0.3, 0.4) is 0 Å². The maximum Gasteiger partial charge on any atom is 0.215 e. The third kappa shape index (κ3) is 3.72. The number of fused-ring (bicyclic) bond motifs is 1. The lowest BCUT2D eigenvalue weighted by atomic mass is 9.88. The first-order valence-corrected chi connectivity index (χ1v) is 9.10. The van der Waals surface area contributed by atoms with Gasteiger partial charge in [0.25, 0.3) is 0 Å². The zero-order chi connectivity index (χ0) is 16.3. The molecule has 1 atom stereocenters. The average molecular weight is 333 g/mol. The zero-order valence-electron chi connectivity index (χ0n) is 12.6. The molecule has 0 aromatic heterocycles. The molecule has 2 aromatic rings. The summed E-state index contributed by atoms with van der Waals surface area (Å²) in [5, 5.41) is 10.8. The fourth-order valence-corrected chi connectivity index (χ4v) is 3.89. The van der Waals surface area contributed by atoms with Crippen molar-refractivity contribution in [2.75, 3.05) is 13.2 Å². The van der Waals surface area contributed by atoms with Crippen molar-refractivity contribution in [3.63, 3.8) is 0 Å². The fourth-order valence-electron chi connectivity index (χ4n) is 2.70. The maximum atomic E-state index is 12.2. The van der Waals surface area contributed by atoms with Gasteiger partial charge < -0.3 is 9.84 Å². The van der Waals surface area contributed by atoms with E-state index < -0.39 is 15.6 Å². The van der Waals surface area contributed by atoms with Gasteiger partial charge in [-0.1, -0.05) is 48.5 Å². The van der Waals surface area contributed by atoms with Crippen molar-refractivity contribution in [2.24, 2.45) is 0 Å². The molecule has 0 bridgehead atoms. The Morgan fingerprint density at radius 3 is 2.57 bits per heavy atom. The van der Waals surface area contributed by atoms with E-state index in [-0.39, 0.29) is 12.3 Å². The Balaban J connectivity index is 1.73. The monoisotopic (exact) mass is 333 g/mol. The van der Waals surface area contributed by atoms with Crippen molar-refractivity contribution in [2.45, 2.75) is 17.8 Å². The van der Waals surface area contributed by atoms with Crippen molar-refractivity contribution < 1.29 is 18.3 Å². The molecule has 0 radical (unpaired) electrons. The molecule has 5 nitrogen and oxygen atoms in total. The van der Waals surface area contributed by atoms with Gasteiger partial charge in [-0.25, -0.2) is 13.1 Å². The van der Waals surface area contributed by atoms with Crippen LogP contribution in [0.4, 0.5) is 0 Å². The van der Waals surface area contributed by atoms with Gasteiger partial charge in [0.05, 0.1) is 12.4 Å². The molecule has 2 aromatic carbocycles. The Morgan fingerprint density at radius 1 is 1.09 bits per heavy atom. The van der Waals surface area contributed by atoms with Crippen LogP contribution in [0, 0.1) is 0 Å². The van der Waals surface area contributed by atoms with Crippen LogP contribution in [0.25, 0.3) is 0 Å². The highest BCUT2D eigenvalue weighted by molar-refractivity contribution is 7.88. The largest absolute Gasteiger partial charge is 0.493 e. The minimum atomic E-state index is -3.53. The van der Waals surface area contributed by atoms with Crippen LogP contribution in [0.5, 0.6) is 5.75 Å². The summed E-state index contributed by atoms with van der Waals surface area (Å²) in [7, 11) is -3.53. The highest BCUT2D eigenvalue weighted by Gasteiger charge is 2.36. The summed E-state index contributed by atoms with van der Waals surface area (Å²) in [5.41, 5.74) is 0.0755. The average Bonchev–Trinajstić information content (AvgIpc) is 2.54. The maximum absolute atomic E-state index is 12.2. The van der Waals surface area contributed by atoms with E-state index in [0.29, 0.717) is 29.9 Å². The molecule has 0 saturated carbocycles. The van der Waals surface area contributed by atoms with E-state index in [4.69, 9.17) is 4.74 Å². The van der Waals surface area contributed by atoms with Gasteiger partial charge in [0.2, 0.25) is 10.0 Å². The fraction of sp³-hybridized carbons (Fsp3) is 0.294. The minimum absolute atomic E-state index is 0.0669. The molecule has 2 N–H and O–H groups in total. The van der Waals surface area contributed by atoms with E-state index in [2.05, 4.69) is 4.72 Å². The van der Waals surface area contributed by atoms with Crippen LogP contribution in [-0.2, 0) is 21.4 Å². The molecule has 23 heavy (non-hydrogen) atoms. The number of hydrogen-bond donors (Lipinski definition) is 2. The smallest absolute Gasteiger partial charge is 0.215 e. The lowest BCUT2D eigenvalue weighted by Crippen LogP contribution is -2.44. The SMILES string of the molecule is O=S(=O)(Cc1ccccc1)NCC1(O)CCOc2ccccc21. The van der Waals surface area contributed by atoms with Crippen molar-refractivity contribution >= 4 is 10.0 Å². The molecular formula is C17H19NO4S. The van der Waals surface area contributed by atoms with E-state index in [9.17, 15) is 13.5 Å². The Kier molecular flexibility index (Phi) is 4.39. The first kappa shape index (κ1) is 16.0. The van der Waals surface area contributed by atoms with Crippen LogP contribution < -0.4 is 9.46 Å². The number of nitrogens with one attached hydrogen (secondary N) is 1. The molecular weight excluding hydrogens is 314 g/mol. The predicted octanol–water partition coefficient (Wildman–Crippen LogP) is 1.78. The van der Waals surface area contributed by atoms with Gasteiger partial charge in [0.15, 0.2) is 0 Å². The second-order valence-electron chi connectivity index (χ2n) is 5.69. The van der Waals surface area contributed by atoms with Gasteiger partial charge >= 0.3 is 0 Å². The standard InChI is InChI=1S/C17H19NO4S/c19-17(10-11-22-16-9-5-4-8-15(16)17)13-18-23(20,21)12-14-6-2-1-3-7-14/h1-9,18-19H,10-13H2. The van der Waals surface area contributed by atoms with Crippen LogP contribution in [0.15, 0.2) is 54.6 Å². The molecule has 0 aliphatic carbocycles. The zero-order valence-corrected chi connectivity index (χ0v) is 13.4. The Labute approximate surface area is 136 Å². The van der Waals surface area contributed by atoms with Crippen LogP contribution in [0.2, 0.25) is 0 Å². The highest BCUT2D eigenvalue weighted by atomic mass is 32.2. The number of rotatable bonds is 5. The lowest BCUT2D eigenvalue weighted by molar-refractivity contribution is 0.00218. The second-order valence-corrected chi connectivity index (χ2v) is 7.50. The van der Waals surface area contributed by atoms with E-state index >= 15 is 0 Å². The lowest BCUT2D eigenvalue weighted by Gasteiger charge is -2.34. The summed E-state index contributed by atoms with van der Waals surface area (Å²) in [4.78, 5) is 0. The van der Waals surface area contributed by atoms with Crippen LogP contribution in [0.1, 0.15) is 17.5 Å². The van der Waals surface area contributed by atoms with Crippen LogP contribution >= 0.6 is 0 Å². The molecule has 6 heteroatoms. The normalized spacial score (nSPS) is 20.6. The summed E-state index contributed by atoms with van der Waals surface area (Å²) in [5.74, 6) is 0.491. The molecule has 3 rings (SSSR count). The van der Waals surface area contributed by atoms with Crippen LogP contribution in [-0.4, -0.2) is 26.7 Å². The summed E-state index contributed by atoms with van der Waals surface area (Å²) in [6.45, 7) is 0.288. The third-order valence-electron chi connectivity index (χ3n) is 3.95. The summed E-state index contributed by atoms with van der Waals surface area (Å²) < 4.78 is 32.5. The Bertz CT molecular complexity index is 776. The molecule has 1 unspecified atom stereocenters. The van der Waals surface area contributed by atoms with E-state index in [1.165, 1.54) is 0 Å². The molecule has 0 fully saturated rings. The number of benzene rings is 2. The number of aliphatic hydroxyl groups is 1. The highest BCUT2D eigenvalue weighted by Crippen LogP contribution is 2.36. The molecule has 1 heterocycles. The molecule has 0 amide bonds. The quantitative estimate of drug-likeness (QED) is 0.874. The Morgan fingerprint density at radius 2 is 1.78 bits per heavy atom. The molecule has 0 spiro atoms. The molecule has 0 saturated heterocycles. The molecule has 1 aliphatic heterocycles. The van der Waals surface area contributed by atoms with Gasteiger partial charge in [-0.05, 0) is 11.6 Å². The van der Waals surface area contributed by atoms with Gasteiger partial charge in [0, 0.05) is 18.5 Å². The molecule has 122 valence electrons. The molecule has 1 aliphatic rings. The van der Waals surface area contributed by atoms with Gasteiger partial charge in [-0.2, -0.15) is 0 Å². The van der Waals surface area contributed by atoms with Gasteiger partial charge in [-0.15, -0.1) is 0 Å². The van der Waals surface area contributed by atoms with Crippen molar-refractivity contribution in [1.82, 2.24) is 4.72 Å². The van der Waals surface area contributed by atoms with Crippen molar-refractivity contribution in [3.8, 4) is 5.75 Å². The second kappa shape index (κ2) is 6.31. The predicted molar refractivity (Wildman–Crippen MR) is 87.5 cm³/mol. The van der Waals surface area contributed by atoms with Gasteiger partial charge in [0.1, 0.15) is 11.4 Å². The van der Waals surface area contributed by atoms with Crippen molar-refractivity contribution in [3.05, 3.63) is 65.7 Å². The summed E-state index contributed by atoms with van der Waals surface area (Å²) in [6, 6.07) is 16.1. The third-order valence-corrected chi connectivity index (χ3v) is 5.24. The minimum Gasteiger partial charge on any atom is -0.493 e. The van der Waals surface area contributed by atoms with E-state index in [1.54, 1.807) is 42.5 Å². The number of hydrogen-bond acceptors (Lipinski definition) is 4. The van der Waals surface area contributed by atoms with E-state index in [0.717, 1.165) is 0 Å². The number of sulfonamides is 1. The van der Waals surface area contributed by atoms with Gasteiger partial charge in [-0.3, -0.25) is 0 Å². The number of ether oxygens (including phenoxy) is 1. The van der Waals surface area contributed by atoms with E-state index in [1.807, 2.05) is 12.1 Å². The Hall–Kier alpha value is -1.89. The summed E-state index contributed by atoms with van der Waals surface area (Å²) >= 11 is 0. The summed E-state index contributed by atoms with van der Waals surface area (Å²) in [6.07, 6.45) is 0.345. The number of para-hydroxylation sites is 1. The first-order chi connectivity index (χ1) is 11.0.